The molecular formula is C41H30NS+. The molecule has 204 valence electrons. The first kappa shape index (κ1) is 25.8. The first-order valence-electron chi connectivity index (χ1n) is 14.8. The number of rotatable bonds is 4. The predicted octanol–water partition coefficient (Wildman–Crippen LogP) is 10.9. The first-order chi connectivity index (χ1) is 21.1. The Morgan fingerprint density at radius 3 is 1.72 bits per heavy atom. The largest absolute Gasteiger partial charge is 0.233 e. The molecule has 0 amide bonds. The maximum Gasteiger partial charge on any atom is 0.233 e. The zero-order valence-corrected chi connectivity index (χ0v) is 25.0. The minimum atomic E-state index is 1.21. The van der Waals surface area contributed by atoms with Crippen molar-refractivity contribution in [1.82, 2.24) is 0 Å². The molecule has 0 radical (unpaired) electrons. The minimum absolute atomic E-state index is 1.21. The summed E-state index contributed by atoms with van der Waals surface area (Å²) in [7, 11) is 0. The maximum absolute atomic E-state index is 2.44. The SMILES string of the molecule is Cc1cccc(-c2ccc3c(c2)Sc2cc(-c4cccc(C)c4)cc4c(-c5ccccc5)c(-c5ccccc5)c[n+]-3c24)c1. The number of benzene rings is 6. The normalized spacial score (nSPS) is 11.9. The highest BCUT2D eigenvalue weighted by Gasteiger charge is 2.31. The van der Waals surface area contributed by atoms with Crippen molar-refractivity contribution in [3.8, 4) is 50.2 Å². The molecular weight excluding hydrogens is 539 g/mol. The Morgan fingerprint density at radius 1 is 0.465 bits per heavy atom. The number of fused-ring (bicyclic) bond motifs is 2. The van der Waals surface area contributed by atoms with Crippen LogP contribution in [0.15, 0.2) is 156 Å². The lowest BCUT2D eigenvalue weighted by atomic mass is 9.90. The van der Waals surface area contributed by atoms with Crippen LogP contribution in [0.2, 0.25) is 0 Å². The molecule has 0 spiro atoms. The van der Waals surface area contributed by atoms with E-state index in [0.717, 1.165) is 0 Å². The minimum Gasteiger partial charge on any atom is -0.157 e. The number of pyridine rings is 1. The highest BCUT2D eigenvalue weighted by molar-refractivity contribution is 7.99. The summed E-state index contributed by atoms with van der Waals surface area (Å²) in [6, 6.07) is 51.1. The second-order valence-corrected chi connectivity index (χ2v) is 12.5. The van der Waals surface area contributed by atoms with Gasteiger partial charge < -0.3 is 0 Å². The van der Waals surface area contributed by atoms with E-state index in [1.807, 2.05) is 11.8 Å². The summed E-state index contributed by atoms with van der Waals surface area (Å²) < 4.78 is 2.44. The Hall–Kier alpha value is -4.92. The van der Waals surface area contributed by atoms with Gasteiger partial charge in [0, 0.05) is 11.6 Å². The first-order valence-corrected chi connectivity index (χ1v) is 15.6. The molecule has 0 fully saturated rings. The molecule has 0 N–H and O–H groups in total. The molecule has 2 heterocycles. The number of hydrogen-bond acceptors (Lipinski definition) is 1. The summed E-state index contributed by atoms with van der Waals surface area (Å²) in [5, 5.41) is 1.27. The van der Waals surface area contributed by atoms with Crippen molar-refractivity contribution in [3.05, 3.63) is 157 Å². The van der Waals surface area contributed by atoms with Gasteiger partial charge in [-0.1, -0.05) is 132 Å². The van der Waals surface area contributed by atoms with Gasteiger partial charge in [0.15, 0.2) is 6.20 Å². The van der Waals surface area contributed by atoms with E-state index < -0.39 is 0 Å². The highest BCUT2D eigenvalue weighted by atomic mass is 32.2. The molecule has 1 aliphatic heterocycles. The summed E-state index contributed by atoms with van der Waals surface area (Å²) in [5.41, 5.74) is 14.9. The Bertz CT molecular complexity index is 2160. The molecule has 0 saturated heterocycles. The van der Waals surface area contributed by atoms with E-state index in [2.05, 4.69) is 164 Å². The lowest BCUT2D eigenvalue weighted by Gasteiger charge is -2.21. The Balaban J connectivity index is 1.47. The van der Waals surface area contributed by atoms with Crippen LogP contribution < -0.4 is 4.57 Å². The summed E-state index contributed by atoms with van der Waals surface area (Å²) in [6.45, 7) is 4.33. The van der Waals surface area contributed by atoms with Crippen molar-refractivity contribution in [2.24, 2.45) is 0 Å². The van der Waals surface area contributed by atoms with Gasteiger partial charge in [-0.15, -0.1) is 0 Å². The molecule has 7 aromatic rings. The van der Waals surface area contributed by atoms with Gasteiger partial charge in [0.1, 0.15) is 0 Å². The van der Waals surface area contributed by atoms with E-state index >= 15 is 0 Å². The van der Waals surface area contributed by atoms with E-state index in [-0.39, 0.29) is 0 Å². The third-order valence-corrected chi connectivity index (χ3v) is 9.48. The van der Waals surface area contributed by atoms with Gasteiger partial charge in [-0.05, 0) is 71.5 Å². The molecule has 8 rings (SSSR count). The second kappa shape index (κ2) is 10.4. The van der Waals surface area contributed by atoms with Crippen LogP contribution in [-0.4, -0.2) is 0 Å². The van der Waals surface area contributed by atoms with Crippen LogP contribution in [0.5, 0.6) is 0 Å². The Morgan fingerprint density at radius 2 is 1.05 bits per heavy atom. The molecule has 1 aliphatic rings. The number of aryl methyl sites for hydroxylation is 2. The zero-order chi connectivity index (χ0) is 28.9. The zero-order valence-electron chi connectivity index (χ0n) is 24.2. The smallest absolute Gasteiger partial charge is 0.157 e. The third-order valence-electron chi connectivity index (χ3n) is 8.40. The van der Waals surface area contributed by atoms with Crippen molar-refractivity contribution in [2.45, 2.75) is 23.6 Å². The van der Waals surface area contributed by atoms with Crippen LogP contribution in [0, 0.1) is 13.8 Å². The van der Waals surface area contributed by atoms with E-state index in [1.165, 1.54) is 82.0 Å². The third kappa shape index (κ3) is 4.56. The summed E-state index contributed by atoms with van der Waals surface area (Å²) in [6.07, 6.45) is 2.36. The average Bonchev–Trinajstić information content (AvgIpc) is 3.05. The lowest BCUT2D eigenvalue weighted by molar-refractivity contribution is -0.571. The quantitative estimate of drug-likeness (QED) is 0.191. The number of aromatic nitrogens is 1. The van der Waals surface area contributed by atoms with E-state index in [0.29, 0.717) is 0 Å². The van der Waals surface area contributed by atoms with Crippen LogP contribution in [0.1, 0.15) is 11.1 Å². The standard InChI is InChI=1S/C41H30NS/c1-27-11-9-17-31(21-27)33-19-20-37-38(24-33)43-39-25-34(32-18-10-12-28(2)22-32)23-35-40(30-15-7-4-8-16-30)36(26-42(37)41(35)39)29-13-5-3-6-14-29/h3-26H,1-2H3/q+1. The van der Waals surface area contributed by atoms with Gasteiger partial charge in [-0.2, -0.15) is 4.57 Å². The molecule has 0 aliphatic carbocycles. The Labute approximate surface area is 257 Å². The molecule has 0 unspecified atom stereocenters. The fraction of sp³-hybridized carbons (Fsp3) is 0.0488. The summed E-state index contributed by atoms with van der Waals surface area (Å²) in [4.78, 5) is 2.55. The fourth-order valence-electron chi connectivity index (χ4n) is 6.38. The fourth-order valence-corrected chi connectivity index (χ4v) is 7.56. The predicted molar refractivity (Wildman–Crippen MR) is 181 cm³/mol. The highest BCUT2D eigenvalue weighted by Crippen LogP contribution is 2.47. The maximum atomic E-state index is 2.44. The van der Waals surface area contributed by atoms with Crippen LogP contribution in [0.3, 0.4) is 0 Å². The van der Waals surface area contributed by atoms with Crippen molar-refractivity contribution in [1.29, 1.82) is 0 Å². The van der Waals surface area contributed by atoms with Crippen LogP contribution in [0.4, 0.5) is 0 Å². The Kier molecular flexibility index (Phi) is 6.24. The topological polar surface area (TPSA) is 3.88 Å². The van der Waals surface area contributed by atoms with Gasteiger partial charge in [0.25, 0.3) is 0 Å². The average molecular weight is 569 g/mol. The van der Waals surface area contributed by atoms with E-state index in [1.54, 1.807) is 0 Å². The van der Waals surface area contributed by atoms with Crippen molar-refractivity contribution < 1.29 is 4.57 Å². The molecule has 2 heteroatoms. The van der Waals surface area contributed by atoms with Crippen molar-refractivity contribution in [2.75, 3.05) is 0 Å². The van der Waals surface area contributed by atoms with Crippen molar-refractivity contribution in [3.63, 3.8) is 0 Å². The van der Waals surface area contributed by atoms with Gasteiger partial charge in [0.2, 0.25) is 11.2 Å². The molecule has 6 aromatic carbocycles. The van der Waals surface area contributed by atoms with E-state index in [4.69, 9.17) is 0 Å². The van der Waals surface area contributed by atoms with Crippen LogP contribution in [-0.2, 0) is 0 Å². The molecule has 1 aromatic heterocycles. The van der Waals surface area contributed by atoms with Gasteiger partial charge >= 0.3 is 0 Å². The van der Waals surface area contributed by atoms with E-state index in [9.17, 15) is 0 Å². The van der Waals surface area contributed by atoms with Crippen molar-refractivity contribution >= 4 is 22.7 Å². The molecule has 43 heavy (non-hydrogen) atoms. The monoisotopic (exact) mass is 568 g/mol. The summed E-state index contributed by atoms with van der Waals surface area (Å²) in [5.74, 6) is 0. The molecule has 1 nitrogen and oxygen atoms in total. The number of nitrogens with zero attached hydrogens (tertiary/aromatic N) is 1. The summed E-state index contributed by atoms with van der Waals surface area (Å²) >= 11 is 1.89. The van der Waals surface area contributed by atoms with Crippen LogP contribution in [0.25, 0.3) is 61.1 Å². The van der Waals surface area contributed by atoms with Gasteiger partial charge in [-0.25, -0.2) is 0 Å². The molecule has 0 saturated carbocycles. The number of hydrogen-bond donors (Lipinski definition) is 0. The molecule has 0 bridgehead atoms. The molecule has 0 atom stereocenters. The lowest BCUT2D eigenvalue weighted by Crippen LogP contribution is -2.35. The second-order valence-electron chi connectivity index (χ2n) is 11.4. The van der Waals surface area contributed by atoms with Crippen LogP contribution >= 0.6 is 11.8 Å². The van der Waals surface area contributed by atoms with Gasteiger partial charge in [-0.3, -0.25) is 0 Å². The van der Waals surface area contributed by atoms with Gasteiger partial charge in [0.05, 0.1) is 20.7 Å².